The number of nitrogens with one attached hydrogen (secondary N) is 1. The summed E-state index contributed by atoms with van der Waals surface area (Å²) in [6, 6.07) is 6.66. The average molecular weight is 233 g/mol. The second-order valence-electron chi connectivity index (χ2n) is 3.76. The number of amides is 1. The Kier molecular flexibility index (Phi) is 2.93. The molecule has 1 aromatic heterocycles. The molecule has 1 aromatic carbocycles. The number of carbonyl (C=O) groups is 1. The lowest BCUT2D eigenvalue weighted by atomic mass is 10.1. The lowest BCUT2D eigenvalue weighted by Crippen LogP contribution is -2.55. The second kappa shape index (κ2) is 4.39. The van der Waals surface area contributed by atoms with Crippen LogP contribution in [-0.4, -0.2) is 12.5 Å². The maximum absolute atomic E-state index is 11.2. The van der Waals surface area contributed by atoms with E-state index in [1.165, 1.54) is 6.07 Å². The molecule has 0 spiro atoms. The number of hydrogen-bond acceptors (Lipinski definition) is 3. The van der Waals surface area contributed by atoms with Crippen molar-refractivity contribution in [3.8, 4) is 0 Å². The van der Waals surface area contributed by atoms with E-state index in [1.54, 1.807) is 12.1 Å². The van der Waals surface area contributed by atoms with E-state index in [0.717, 1.165) is 10.9 Å². The van der Waals surface area contributed by atoms with Gasteiger partial charge >= 0.3 is 5.63 Å². The summed E-state index contributed by atoms with van der Waals surface area (Å²) in [7, 11) is 0. The molecule has 0 saturated carbocycles. The smallest absolute Gasteiger partial charge is 0.336 e. The van der Waals surface area contributed by atoms with Crippen molar-refractivity contribution >= 4 is 22.6 Å². The van der Waals surface area contributed by atoms with E-state index >= 15 is 0 Å². The molecule has 0 bridgehead atoms. The Bertz CT molecular complexity index is 631. The van der Waals surface area contributed by atoms with Crippen LogP contribution in [0.2, 0.25) is 0 Å². The van der Waals surface area contributed by atoms with Gasteiger partial charge in [0.05, 0.1) is 0 Å². The molecule has 4 N–H and O–H groups in total. The van der Waals surface area contributed by atoms with Crippen LogP contribution in [0.25, 0.3) is 11.0 Å². The molecule has 0 saturated heterocycles. The number of anilines is 1. The number of hydrogen-bond donors (Lipinski definition) is 2. The fourth-order valence-electron chi connectivity index (χ4n) is 1.63. The highest BCUT2D eigenvalue weighted by molar-refractivity contribution is 5.94. The van der Waals surface area contributed by atoms with Gasteiger partial charge in [-0.2, -0.15) is 0 Å². The van der Waals surface area contributed by atoms with Crippen LogP contribution >= 0.6 is 0 Å². The van der Waals surface area contributed by atoms with Gasteiger partial charge in [0.1, 0.15) is 5.58 Å². The zero-order valence-corrected chi connectivity index (χ0v) is 9.45. The van der Waals surface area contributed by atoms with E-state index in [9.17, 15) is 9.59 Å². The second-order valence-corrected chi connectivity index (χ2v) is 3.76. The molecular formula is C12H13N2O3+. The summed E-state index contributed by atoms with van der Waals surface area (Å²) in [6.07, 6.45) is 0. The van der Waals surface area contributed by atoms with Crippen molar-refractivity contribution in [2.45, 2.75) is 6.92 Å². The molecule has 2 rings (SSSR count). The molecular weight excluding hydrogens is 220 g/mol. The minimum atomic E-state index is -0.393. The number of rotatable bonds is 2. The highest BCUT2D eigenvalue weighted by atomic mass is 16.4. The third kappa shape index (κ3) is 2.34. The van der Waals surface area contributed by atoms with Crippen LogP contribution in [0.1, 0.15) is 5.56 Å². The van der Waals surface area contributed by atoms with Gasteiger partial charge in [-0.05, 0) is 24.6 Å². The first-order valence-corrected chi connectivity index (χ1v) is 5.24. The molecule has 0 radical (unpaired) electrons. The normalized spacial score (nSPS) is 10.5. The van der Waals surface area contributed by atoms with Crippen LogP contribution in [0.4, 0.5) is 5.69 Å². The molecule has 5 nitrogen and oxygen atoms in total. The van der Waals surface area contributed by atoms with E-state index < -0.39 is 5.63 Å². The number of quaternary nitrogens is 1. The summed E-state index contributed by atoms with van der Waals surface area (Å²) >= 11 is 0. The maximum Gasteiger partial charge on any atom is 0.336 e. The highest BCUT2D eigenvalue weighted by Crippen LogP contribution is 2.20. The zero-order chi connectivity index (χ0) is 12.4. The summed E-state index contributed by atoms with van der Waals surface area (Å²) in [5.41, 5.74) is 5.01. The Morgan fingerprint density at radius 1 is 1.41 bits per heavy atom. The van der Waals surface area contributed by atoms with Crippen molar-refractivity contribution in [3.05, 3.63) is 40.2 Å². The molecule has 88 valence electrons. The molecule has 1 heterocycles. The van der Waals surface area contributed by atoms with Crippen molar-refractivity contribution in [2.24, 2.45) is 0 Å². The third-order valence-electron chi connectivity index (χ3n) is 2.46. The van der Waals surface area contributed by atoms with Crippen LogP contribution in [0.3, 0.4) is 0 Å². The van der Waals surface area contributed by atoms with Gasteiger partial charge in [0.25, 0.3) is 5.91 Å². The number of carbonyl (C=O) groups excluding carboxylic acids is 1. The highest BCUT2D eigenvalue weighted by Gasteiger charge is 2.05. The maximum atomic E-state index is 11.2. The lowest BCUT2D eigenvalue weighted by molar-refractivity contribution is -0.353. The van der Waals surface area contributed by atoms with Gasteiger partial charge in [0.2, 0.25) is 0 Å². The van der Waals surface area contributed by atoms with Crippen molar-refractivity contribution in [3.63, 3.8) is 0 Å². The third-order valence-corrected chi connectivity index (χ3v) is 2.46. The lowest BCUT2D eigenvalue weighted by Gasteiger charge is -2.04. The Morgan fingerprint density at radius 3 is 2.88 bits per heavy atom. The standard InChI is InChI=1S/C12H12N2O3/c1-7-4-12(16)17-10-5-8(2-3-9(7)10)14-11(15)6-13/h2-5H,6,13H2,1H3,(H,14,15)/p+1. The van der Waals surface area contributed by atoms with E-state index in [1.807, 2.05) is 13.0 Å². The van der Waals surface area contributed by atoms with E-state index in [-0.39, 0.29) is 12.5 Å². The van der Waals surface area contributed by atoms with Crippen LogP contribution in [0.5, 0.6) is 0 Å². The van der Waals surface area contributed by atoms with Crippen molar-refractivity contribution < 1.29 is 14.9 Å². The zero-order valence-electron chi connectivity index (χ0n) is 9.45. The first kappa shape index (κ1) is 11.3. The summed E-state index contributed by atoms with van der Waals surface area (Å²) in [5, 5.41) is 3.52. The molecule has 0 aliphatic rings. The van der Waals surface area contributed by atoms with Gasteiger partial charge < -0.3 is 15.5 Å². The van der Waals surface area contributed by atoms with E-state index in [4.69, 9.17) is 4.42 Å². The molecule has 17 heavy (non-hydrogen) atoms. The summed E-state index contributed by atoms with van der Waals surface area (Å²) in [5.74, 6) is -0.181. The van der Waals surface area contributed by atoms with Gasteiger partial charge in [-0.3, -0.25) is 4.79 Å². The number of aryl methyl sites for hydroxylation is 1. The fraction of sp³-hybridized carbons (Fsp3) is 0.167. The SMILES string of the molecule is Cc1cc(=O)oc2cc(NC(=O)C[NH3+])ccc12. The molecule has 5 heteroatoms. The Labute approximate surface area is 97.2 Å². The topological polar surface area (TPSA) is 87.0 Å². The number of benzene rings is 1. The Hall–Kier alpha value is -2.14. The van der Waals surface area contributed by atoms with Gasteiger partial charge in [-0.25, -0.2) is 4.79 Å². The van der Waals surface area contributed by atoms with E-state index in [2.05, 4.69) is 11.1 Å². The minimum Gasteiger partial charge on any atom is -0.423 e. The molecule has 1 amide bonds. The van der Waals surface area contributed by atoms with Crippen molar-refractivity contribution in [2.75, 3.05) is 11.9 Å². The molecule has 0 aliphatic carbocycles. The van der Waals surface area contributed by atoms with Crippen LogP contribution < -0.4 is 16.7 Å². The average Bonchev–Trinajstić information content (AvgIpc) is 2.28. The monoisotopic (exact) mass is 233 g/mol. The minimum absolute atomic E-state index is 0.163. The van der Waals surface area contributed by atoms with Crippen LogP contribution in [-0.2, 0) is 4.79 Å². The fourth-order valence-corrected chi connectivity index (χ4v) is 1.63. The molecule has 0 fully saturated rings. The first-order valence-electron chi connectivity index (χ1n) is 5.24. The number of fused-ring (bicyclic) bond motifs is 1. The summed E-state index contributed by atoms with van der Waals surface area (Å²) in [6.45, 7) is 2.00. The van der Waals surface area contributed by atoms with Crippen molar-refractivity contribution in [1.29, 1.82) is 0 Å². The van der Waals surface area contributed by atoms with Gasteiger partial charge in [0.15, 0.2) is 6.54 Å². The predicted molar refractivity (Wildman–Crippen MR) is 63.6 cm³/mol. The van der Waals surface area contributed by atoms with Gasteiger partial charge in [0, 0.05) is 23.2 Å². The quantitative estimate of drug-likeness (QED) is 0.730. The molecule has 0 atom stereocenters. The van der Waals surface area contributed by atoms with Crippen LogP contribution in [0.15, 0.2) is 33.5 Å². The first-order chi connectivity index (χ1) is 8.10. The largest absolute Gasteiger partial charge is 0.423 e. The van der Waals surface area contributed by atoms with Gasteiger partial charge in [-0.15, -0.1) is 0 Å². The predicted octanol–water partition coefficient (Wildman–Crippen LogP) is 0.282. The summed E-state index contributed by atoms with van der Waals surface area (Å²) in [4.78, 5) is 22.4. The Balaban J connectivity index is 2.50. The Morgan fingerprint density at radius 2 is 2.18 bits per heavy atom. The van der Waals surface area contributed by atoms with Crippen LogP contribution in [0, 0.1) is 6.92 Å². The van der Waals surface area contributed by atoms with Crippen molar-refractivity contribution in [1.82, 2.24) is 0 Å². The van der Waals surface area contributed by atoms with E-state index in [0.29, 0.717) is 11.3 Å². The summed E-state index contributed by atoms with van der Waals surface area (Å²) < 4.78 is 5.08. The molecule has 0 unspecified atom stereocenters. The molecule has 2 aromatic rings. The molecule has 0 aliphatic heterocycles. The van der Waals surface area contributed by atoms with Gasteiger partial charge in [-0.1, -0.05) is 0 Å².